The van der Waals surface area contributed by atoms with Crippen molar-refractivity contribution in [2.24, 2.45) is 0 Å². The first-order chi connectivity index (χ1) is 5.09. The van der Waals surface area contributed by atoms with Crippen LogP contribution in [-0.2, 0) is 0 Å². The lowest BCUT2D eigenvalue weighted by Crippen LogP contribution is -2.04. The van der Waals surface area contributed by atoms with Crippen LogP contribution in [0.3, 0.4) is 0 Å². The Kier molecular flexibility index (Phi) is 2.38. The van der Waals surface area contributed by atoms with E-state index in [4.69, 9.17) is 0 Å². The summed E-state index contributed by atoms with van der Waals surface area (Å²) in [5.74, 6) is 0.647. The van der Waals surface area contributed by atoms with Gasteiger partial charge in [-0.05, 0) is 18.4 Å². The number of rotatable bonds is 1. The first kappa shape index (κ1) is 8.38. The third-order valence-corrected chi connectivity index (χ3v) is 1.91. The van der Waals surface area contributed by atoms with Crippen molar-refractivity contribution in [3.05, 3.63) is 29.3 Å². The first-order valence-corrected chi connectivity index (χ1v) is 4.18. The van der Waals surface area contributed by atoms with Crippen molar-refractivity contribution in [3.8, 4) is 0 Å². The van der Waals surface area contributed by atoms with Crippen LogP contribution in [-0.4, -0.2) is 7.85 Å². The molecule has 0 spiro atoms. The maximum absolute atomic E-state index is 2.26. The molecule has 0 bridgehead atoms. The molecule has 1 aromatic carbocycles. The summed E-state index contributed by atoms with van der Waals surface area (Å²) in [6.07, 6.45) is 0. The molecule has 11 heavy (non-hydrogen) atoms. The molecule has 0 atom stereocenters. The van der Waals surface area contributed by atoms with Gasteiger partial charge in [0.2, 0.25) is 0 Å². The summed E-state index contributed by atoms with van der Waals surface area (Å²) in [6.45, 7) is 6.61. The molecule has 0 aromatic heterocycles. The Balaban J connectivity index is 3.08. The summed E-state index contributed by atoms with van der Waals surface area (Å²) >= 11 is 0. The Bertz CT molecular complexity index is 231. The van der Waals surface area contributed by atoms with Gasteiger partial charge in [0.1, 0.15) is 7.85 Å². The van der Waals surface area contributed by atoms with E-state index in [0.29, 0.717) is 5.92 Å². The molecule has 0 saturated carbocycles. The van der Waals surface area contributed by atoms with Crippen LogP contribution >= 0.6 is 0 Å². The summed E-state index contributed by atoms with van der Waals surface area (Å²) < 4.78 is 0. The number of aryl methyl sites for hydroxylation is 1. The lowest BCUT2D eigenvalue weighted by Gasteiger charge is -2.07. The van der Waals surface area contributed by atoms with E-state index >= 15 is 0 Å². The van der Waals surface area contributed by atoms with Crippen LogP contribution in [0.25, 0.3) is 0 Å². The number of hydrogen-bond donors (Lipinski definition) is 0. The molecular formula is C10H15B. The van der Waals surface area contributed by atoms with Crippen molar-refractivity contribution < 1.29 is 0 Å². The quantitative estimate of drug-likeness (QED) is 0.525. The Morgan fingerprint density at radius 3 is 2.27 bits per heavy atom. The highest BCUT2D eigenvalue weighted by Gasteiger charge is 1.99. The Morgan fingerprint density at radius 2 is 1.82 bits per heavy atom. The van der Waals surface area contributed by atoms with Gasteiger partial charge in [-0.15, -0.1) is 0 Å². The standard InChI is InChI=1S/C10H15B/c1-7(2)9-4-8(3)5-10(11)6-9/h4-7H,11H2,1-3H3. The minimum absolute atomic E-state index is 0.647. The van der Waals surface area contributed by atoms with Crippen molar-refractivity contribution in [1.82, 2.24) is 0 Å². The topological polar surface area (TPSA) is 0 Å². The molecule has 0 aliphatic carbocycles. The summed E-state index contributed by atoms with van der Waals surface area (Å²) in [6, 6.07) is 6.74. The zero-order valence-electron chi connectivity index (χ0n) is 7.81. The fraction of sp³-hybridized carbons (Fsp3) is 0.400. The van der Waals surface area contributed by atoms with Crippen molar-refractivity contribution in [1.29, 1.82) is 0 Å². The highest BCUT2D eigenvalue weighted by Crippen LogP contribution is 2.13. The number of hydrogen-bond acceptors (Lipinski definition) is 0. The van der Waals surface area contributed by atoms with Crippen molar-refractivity contribution in [2.45, 2.75) is 26.7 Å². The largest absolute Gasteiger partial charge is 0.139 e. The molecule has 0 unspecified atom stereocenters. The predicted molar refractivity (Wildman–Crippen MR) is 53.4 cm³/mol. The van der Waals surface area contributed by atoms with E-state index in [1.54, 1.807) is 0 Å². The highest BCUT2D eigenvalue weighted by atomic mass is 14.0. The molecule has 0 amide bonds. The fourth-order valence-electron chi connectivity index (χ4n) is 1.34. The molecule has 0 radical (unpaired) electrons. The molecule has 0 aliphatic rings. The lowest BCUT2D eigenvalue weighted by molar-refractivity contribution is 0.866. The predicted octanol–water partition coefficient (Wildman–Crippen LogP) is 1.38. The maximum Gasteiger partial charge on any atom is 0.139 e. The maximum atomic E-state index is 2.26. The van der Waals surface area contributed by atoms with Crippen LogP contribution in [0.5, 0.6) is 0 Å². The van der Waals surface area contributed by atoms with E-state index in [-0.39, 0.29) is 0 Å². The van der Waals surface area contributed by atoms with Gasteiger partial charge >= 0.3 is 0 Å². The SMILES string of the molecule is Bc1cc(C)cc(C(C)C)c1. The van der Waals surface area contributed by atoms with Gasteiger partial charge in [-0.25, -0.2) is 0 Å². The Labute approximate surface area is 70.0 Å². The van der Waals surface area contributed by atoms with Gasteiger partial charge in [-0.2, -0.15) is 0 Å². The van der Waals surface area contributed by atoms with Gasteiger partial charge in [0, 0.05) is 0 Å². The molecule has 0 N–H and O–H groups in total. The van der Waals surface area contributed by atoms with Gasteiger partial charge in [0.25, 0.3) is 0 Å². The highest BCUT2D eigenvalue weighted by molar-refractivity contribution is 6.32. The summed E-state index contributed by atoms with van der Waals surface area (Å²) in [5, 5.41) is 0. The molecule has 1 heteroatoms. The van der Waals surface area contributed by atoms with E-state index in [9.17, 15) is 0 Å². The van der Waals surface area contributed by atoms with Crippen molar-refractivity contribution in [2.75, 3.05) is 0 Å². The zero-order valence-corrected chi connectivity index (χ0v) is 7.81. The average Bonchev–Trinajstić information content (AvgIpc) is 1.85. The van der Waals surface area contributed by atoms with Gasteiger partial charge in [-0.3, -0.25) is 0 Å². The van der Waals surface area contributed by atoms with Gasteiger partial charge in [-0.1, -0.05) is 43.1 Å². The van der Waals surface area contributed by atoms with Crippen molar-refractivity contribution >= 4 is 13.3 Å². The molecule has 1 rings (SSSR count). The van der Waals surface area contributed by atoms with Crippen LogP contribution in [0, 0.1) is 6.92 Å². The van der Waals surface area contributed by atoms with E-state index in [0.717, 1.165) is 0 Å². The second kappa shape index (κ2) is 3.12. The molecule has 0 aliphatic heterocycles. The lowest BCUT2D eigenvalue weighted by atomic mass is 9.89. The third-order valence-electron chi connectivity index (χ3n) is 1.91. The second-order valence-electron chi connectivity index (χ2n) is 3.58. The van der Waals surface area contributed by atoms with Crippen molar-refractivity contribution in [3.63, 3.8) is 0 Å². The summed E-state index contributed by atoms with van der Waals surface area (Å²) in [7, 11) is 2.15. The Morgan fingerprint density at radius 1 is 1.18 bits per heavy atom. The summed E-state index contributed by atoms with van der Waals surface area (Å²) in [4.78, 5) is 0. The number of benzene rings is 1. The molecule has 0 nitrogen and oxygen atoms in total. The average molecular weight is 146 g/mol. The van der Waals surface area contributed by atoms with Crippen LogP contribution in [0.15, 0.2) is 18.2 Å². The minimum atomic E-state index is 0.647. The third kappa shape index (κ3) is 2.11. The minimum Gasteiger partial charge on any atom is -0.0884 e. The summed E-state index contributed by atoms with van der Waals surface area (Å²) in [5.41, 5.74) is 4.19. The normalized spacial score (nSPS) is 10.5. The van der Waals surface area contributed by atoms with E-state index in [1.165, 1.54) is 16.6 Å². The fourth-order valence-corrected chi connectivity index (χ4v) is 1.34. The van der Waals surface area contributed by atoms with Gasteiger partial charge < -0.3 is 0 Å². The molecule has 0 fully saturated rings. The molecule has 1 aromatic rings. The van der Waals surface area contributed by atoms with Crippen LogP contribution in [0.4, 0.5) is 0 Å². The van der Waals surface area contributed by atoms with Gasteiger partial charge in [0.05, 0.1) is 0 Å². The molecular weight excluding hydrogens is 131 g/mol. The van der Waals surface area contributed by atoms with E-state index < -0.39 is 0 Å². The zero-order chi connectivity index (χ0) is 8.43. The Hall–Kier alpha value is -0.715. The van der Waals surface area contributed by atoms with E-state index in [2.05, 4.69) is 46.8 Å². The van der Waals surface area contributed by atoms with Crippen LogP contribution < -0.4 is 5.46 Å². The van der Waals surface area contributed by atoms with Gasteiger partial charge in [0.15, 0.2) is 0 Å². The van der Waals surface area contributed by atoms with Crippen LogP contribution in [0.1, 0.15) is 30.9 Å². The monoisotopic (exact) mass is 146 g/mol. The molecule has 0 saturated heterocycles. The van der Waals surface area contributed by atoms with Crippen LogP contribution in [0.2, 0.25) is 0 Å². The molecule has 0 heterocycles. The smallest absolute Gasteiger partial charge is 0.0884 e. The first-order valence-electron chi connectivity index (χ1n) is 4.18. The van der Waals surface area contributed by atoms with E-state index in [1.807, 2.05) is 0 Å². The molecule has 58 valence electrons. The second-order valence-corrected chi connectivity index (χ2v) is 3.58.